The number of carbonyl (C=O) groups is 1. The third-order valence-corrected chi connectivity index (χ3v) is 7.10. The molecule has 6 nitrogen and oxygen atoms in total. The van der Waals surface area contributed by atoms with Gasteiger partial charge in [0.1, 0.15) is 0 Å². The molecule has 1 saturated heterocycles. The summed E-state index contributed by atoms with van der Waals surface area (Å²) in [5, 5.41) is 11.7. The summed E-state index contributed by atoms with van der Waals surface area (Å²) < 4.78 is 2.31. The van der Waals surface area contributed by atoms with Crippen LogP contribution in [0.4, 0.5) is 0 Å². The maximum atomic E-state index is 13.5. The quantitative estimate of drug-likeness (QED) is 0.639. The van der Waals surface area contributed by atoms with Crippen molar-refractivity contribution < 1.29 is 9.90 Å². The van der Waals surface area contributed by atoms with E-state index in [0.29, 0.717) is 29.0 Å². The Morgan fingerprint density at radius 1 is 1.17 bits per heavy atom. The van der Waals surface area contributed by atoms with E-state index in [9.17, 15) is 9.90 Å². The molecular formula is C22H23BrN4O2. The van der Waals surface area contributed by atoms with Crippen molar-refractivity contribution >= 4 is 27.5 Å². The van der Waals surface area contributed by atoms with Crippen molar-refractivity contribution in [3.8, 4) is 0 Å². The maximum Gasteiger partial charge on any atom is 0.290 e. The lowest BCUT2D eigenvalue weighted by atomic mass is 9.66. The Hall–Kier alpha value is -2.25. The first-order chi connectivity index (χ1) is 14.1. The van der Waals surface area contributed by atoms with E-state index in [2.05, 4.69) is 25.9 Å². The van der Waals surface area contributed by atoms with Crippen molar-refractivity contribution in [3.63, 3.8) is 0 Å². The van der Waals surface area contributed by atoms with Crippen molar-refractivity contribution in [1.29, 1.82) is 0 Å². The number of likely N-dealkylation sites (tertiary alicyclic amines) is 1. The summed E-state index contributed by atoms with van der Waals surface area (Å²) in [7, 11) is 0. The van der Waals surface area contributed by atoms with Crippen LogP contribution < -0.4 is 0 Å². The number of nitrogens with zero attached hydrogens (tertiary/aromatic N) is 4. The van der Waals surface area contributed by atoms with Gasteiger partial charge in [-0.3, -0.25) is 9.20 Å². The van der Waals surface area contributed by atoms with Crippen LogP contribution in [-0.2, 0) is 5.60 Å². The van der Waals surface area contributed by atoms with Gasteiger partial charge >= 0.3 is 0 Å². The Balaban J connectivity index is 1.51. The number of rotatable bonds is 2. The van der Waals surface area contributed by atoms with Crippen molar-refractivity contribution in [3.05, 3.63) is 64.8 Å². The van der Waals surface area contributed by atoms with Gasteiger partial charge in [-0.05, 0) is 46.8 Å². The topological polar surface area (TPSA) is 70.7 Å². The molecular weight excluding hydrogens is 432 g/mol. The Bertz CT molecular complexity index is 1050. The summed E-state index contributed by atoms with van der Waals surface area (Å²) in [6.07, 6.45) is 8.03. The van der Waals surface area contributed by atoms with Gasteiger partial charge in [-0.25, -0.2) is 9.97 Å². The van der Waals surface area contributed by atoms with Gasteiger partial charge in [0.2, 0.25) is 5.82 Å². The van der Waals surface area contributed by atoms with Crippen LogP contribution in [0.1, 0.15) is 48.3 Å². The standard InChI is InChI=1S/C22H23BrN4O2/c23-18-19-24-12-6-13-27(19)20(25-18)21(28)26-14-11-22(29,15-7-2-1-3-8-15)16-9-4-5-10-17(16)26/h1-3,6-8,12-13,16-17,29H,4-5,9-11,14H2/t16-,17+,22?/m1/s1. The predicted octanol–water partition coefficient (Wildman–Crippen LogP) is 3.78. The van der Waals surface area contributed by atoms with Crippen molar-refractivity contribution in [2.24, 2.45) is 5.92 Å². The molecule has 1 amide bonds. The first kappa shape index (κ1) is 18.8. The van der Waals surface area contributed by atoms with Gasteiger partial charge in [0.25, 0.3) is 5.91 Å². The lowest BCUT2D eigenvalue weighted by Crippen LogP contribution is -2.59. The normalized spacial score (nSPS) is 27.0. The van der Waals surface area contributed by atoms with Crippen LogP contribution in [-0.4, -0.2) is 42.9 Å². The van der Waals surface area contributed by atoms with E-state index in [4.69, 9.17) is 0 Å². The summed E-state index contributed by atoms with van der Waals surface area (Å²) in [5.41, 5.74) is 0.705. The molecule has 3 heterocycles. The molecule has 150 valence electrons. The summed E-state index contributed by atoms with van der Waals surface area (Å²) in [6.45, 7) is 0.512. The number of aromatic nitrogens is 3. The largest absolute Gasteiger partial charge is 0.385 e. The van der Waals surface area contributed by atoms with E-state index >= 15 is 0 Å². The molecule has 1 aromatic carbocycles. The minimum Gasteiger partial charge on any atom is -0.385 e. The first-order valence-corrected chi connectivity index (χ1v) is 11.0. The van der Waals surface area contributed by atoms with E-state index in [1.54, 1.807) is 16.7 Å². The fraction of sp³-hybridized carbons (Fsp3) is 0.409. The average molecular weight is 455 g/mol. The smallest absolute Gasteiger partial charge is 0.290 e. The summed E-state index contributed by atoms with van der Waals surface area (Å²) >= 11 is 3.42. The number of carbonyl (C=O) groups excluding carboxylic acids is 1. The van der Waals surface area contributed by atoms with Gasteiger partial charge in [-0.15, -0.1) is 0 Å². The number of hydrogen-bond donors (Lipinski definition) is 1. The lowest BCUT2D eigenvalue weighted by molar-refractivity contribution is -0.110. The summed E-state index contributed by atoms with van der Waals surface area (Å²) in [6, 6.07) is 11.7. The molecule has 2 fully saturated rings. The van der Waals surface area contributed by atoms with Crippen LogP contribution in [0.2, 0.25) is 0 Å². The molecule has 1 saturated carbocycles. The van der Waals surface area contributed by atoms with E-state index in [-0.39, 0.29) is 17.9 Å². The number of hydrogen-bond acceptors (Lipinski definition) is 4. The van der Waals surface area contributed by atoms with Crippen LogP contribution in [0.5, 0.6) is 0 Å². The molecule has 0 radical (unpaired) electrons. The Labute approximate surface area is 177 Å². The summed E-state index contributed by atoms with van der Waals surface area (Å²) in [4.78, 5) is 24.3. The molecule has 1 N–H and O–H groups in total. The SMILES string of the molecule is O=C(c1nc(Br)c2ncccn12)N1CCC(O)(c2ccccc2)[C@@H]2CCCC[C@@H]21. The molecule has 3 aromatic rings. The van der Waals surface area contributed by atoms with Gasteiger partial charge in [0.05, 0.1) is 5.60 Å². The van der Waals surface area contributed by atoms with Crippen LogP contribution in [0.25, 0.3) is 5.65 Å². The Morgan fingerprint density at radius 2 is 1.97 bits per heavy atom. The molecule has 1 unspecified atom stereocenters. The molecule has 7 heteroatoms. The van der Waals surface area contributed by atoms with Crippen molar-refractivity contribution in [1.82, 2.24) is 19.3 Å². The summed E-state index contributed by atoms with van der Waals surface area (Å²) in [5.74, 6) is 0.310. The van der Waals surface area contributed by atoms with E-state index in [1.807, 2.05) is 41.4 Å². The van der Waals surface area contributed by atoms with Gasteiger partial charge in [0, 0.05) is 30.9 Å². The van der Waals surface area contributed by atoms with Crippen molar-refractivity contribution in [2.45, 2.75) is 43.7 Å². The zero-order valence-corrected chi connectivity index (χ0v) is 17.6. The Kier molecular flexibility index (Phi) is 4.67. The highest BCUT2D eigenvalue weighted by molar-refractivity contribution is 9.10. The third kappa shape index (κ3) is 2.99. The number of piperidine rings is 1. The fourth-order valence-corrected chi connectivity index (χ4v) is 5.65. The Morgan fingerprint density at radius 3 is 2.79 bits per heavy atom. The molecule has 29 heavy (non-hydrogen) atoms. The third-order valence-electron chi connectivity index (χ3n) is 6.57. The molecule has 2 aromatic heterocycles. The maximum absolute atomic E-state index is 13.5. The van der Waals surface area contributed by atoms with Crippen molar-refractivity contribution in [2.75, 3.05) is 6.54 Å². The molecule has 1 aliphatic heterocycles. The van der Waals surface area contributed by atoms with E-state index in [0.717, 1.165) is 31.2 Å². The second-order valence-corrected chi connectivity index (χ2v) is 8.79. The van der Waals surface area contributed by atoms with E-state index in [1.165, 1.54) is 0 Å². The predicted molar refractivity (Wildman–Crippen MR) is 112 cm³/mol. The van der Waals surface area contributed by atoms with Crippen LogP contribution in [0.15, 0.2) is 53.4 Å². The van der Waals surface area contributed by atoms with Crippen LogP contribution in [0, 0.1) is 5.92 Å². The highest BCUT2D eigenvalue weighted by atomic mass is 79.9. The number of amides is 1. The van der Waals surface area contributed by atoms with Crippen LogP contribution >= 0.6 is 15.9 Å². The monoisotopic (exact) mass is 454 g/mol. The highest BCUT2D eigenvalue weighted by Gasteiger charge is 2.50. The minimum absolute atomic E-state index is 0.0120. The zero-order chi connectivity index (χ0) is 20.0. The van der Waals surface area contributed by atoms with Gasteiger partial charge in [-0.1, -0.05) is 43.2 Å². The number of benzene rings is 1. The number of imidazole rings is 1. The van der Waals surface area contributed by atoms with Gasteiger partial charge < -0.3 is 10.0 Å². The molecule has 3 atom stereocenters. The number of aliphatic hydroxyl groups is 1. The first-order valence-electron chi connectivity index (χ1n) is 10.2. The molecule has 5 rings (SSSR count). The second kappa shape index (κ2) is 7.22. The molecule has 0 spiro atoms. The van der Waals surface area contributed by atoms with E-state index < -0.39 is 5.60 Å². The molecule has 2 aliphatic rings. The van der Waals surface area contributed by atoms with Gasteiger partial charge in [0.15, 0.2) is 10.3 Å². The average Bonchev–Trinajstić information content (AvgIpc) is 3.11. The second-order valence-electron chi connectivity index (χ2n) is 8.04. The number of halogens is 1. The number of fused-ring (bicyclic) bond motifs is 2. The minimum atomic E-state index is -0.889. The fourth-order valence-electron chi connectivity index (χ4n) is 5.19. The zero-order valence-electron chi connectivity index (χ0n) is 16.0. The van der Waals surface area contributed by atoms with Gasteiger partial charge in [-0.2, -0.15) is 0 Å². The molecule has 1 aliphatic carbocycles. The lowest BCUT2D eigenvalue weighted by Gasteiger charge is -2.52. The van der Waals surface area contributed by atoms with Crippen LogP contribution in [0.3, 0.4) is 0 Å². The highest BCUT2D eigenvalue weighted by Crippen LogP contribution is 2.47. The molecule has 0 bridgehead atoms.